The maximum absolute atomic E-state index is 12.4. The fourth-order valence-electron chi connectivity index (χ4n) is 3.92. The number of amides is 2. The number of nitrogens with zero attached hydrogens (tertiary/aromatic N) is 1. The molecule has 2 saturated carbocycles. The van der Waals surface area contributed by atoms with E-state index in [1.807, 2.05) is 11.9 Å². The van der Waals surface area contributed by atoms with Crippen molar-refractivity contribution < 1.29 is 9.59 Å². The molecular formula is C18H32N2O2. The summed E-state index contributed by atoms with van der Waals surface area (Å²) in [4.78, 5) is 26.4. The van der Waals surface area contributed by atoms with E-state index in [0.29, 0.717) is 13.1 Å². The van der Waals surface area contributed by atoms with Crippen molar-refractivity contribution in [2.45, 2.75) is 65.2 Å². The molecular weight excluding hydrogens is 276 g/mol. The van der Waals surface area contributed by atoms with Crippen LogP contribution < -0.4 is 5.32 Å². The van der Waals surface area contributed by atoms with E-state index in [9.17, 15) is 9.59 Å². The van der Waals surface area contributed by atoms with Gasteiger partial charge in [0.05, 0.1) is 0 Å². The number of rotatable bonds is 6. The highest BCUT2D eigenvalue weighted by Crippen LogP contribution is 2.28. The molecule has 2 fully saturated rings. The zero-order valence-corrected chi connectivity index (χ0v) is 14.5. The third kappa shape index (κ3) is 4.72. The van der Waals surface area contributed by atoms with Gasteiger partial charge in [-0.25, -0.2) is 0 Å². The summed E-state index contributed by atoms with van der Waals surface area (Å²) in [5, 5.41) is 3.10. The first kappa shape index (κ1) is 17.3. The molecule has 2 aliphatic rings. The van der Waals surface area contributed by atoms with Crippen molar-refractivity contribution in [3.8, 4) is 0 Å². The first-order valence-electron chi connectivity index (χ1n) is 8.92. The summed E-state index contributed by atoms with van der Waals surface area (Å²) in [5.74, 6) is 0.936. The van der Waals surface area contributed by atoms with Gasteiger partial charge < -0.3 is 10.2 Å². The highest BCUT2D eigenvalue weighted by atomic mass is 16.2. The molecule has 0 spiro atoms. The molecule has 4 heteroatoms. The van der Waals surface area contributed by atoms with Crippen molar-refractivity contribution in [3.05, 3.63) is 0 Å². The summed E-state index contributed by atoms with van der Waals surface area (Å²) in [5.41, 5.74) is -0.0860. The van der Waals surface area contributed by atoms with Crippen molar-refractivity contribution in [2.75, 3.05) is 20.1 Å². The number of hydrogen-bond donors (Lipinski definition) is 1. The zero-order chi connectivity index (χ0) is 16.2. The van der Waals surface area contributed by atoms with Crippen molar-refractivity contribution in [1.82, 2.24) is 10.2 Å². The van der Waals surface area contributed by atoms with E-state index in [2.05, 4.69) is 19.2 Å². The number of hydrogen-bond acceptors (Lipinski definition) is 2. The second-order valence-electron chi connectivity index (χ2n) is 8.04. The Labute approximate surface area is 135 Å². The lowest BCUT2D eigenvalue weighted by atomic mass is 9.91. The van der Waals surface area contributed by atoms with Crippen LogP contribution in [0.25, 0.3) is 0 Å². The lowest BCUT2D eigenvalue weighted by molar-refractivity contribution is -0.135. The molecule has 0 aromatic carbocycles. The summed E-state index contributed by atoms with van der Waals surface area (Å²) in [7, 11) is 1.90. The third-order valence-electron chi connectivity index (χ3n) is 5.21. The van der Waals surface area contributed by atoms with Gasteiger partial charge in [0, 0.05) is 32.0 Å². The molecule has 0 bridgehead atoms. The van der Waals surface area contributed by atoms with Crippen LogP contribution in [0, 0.1) is 17.3 Å². The molecule has 0 radical (unpaired) electrons. The molecule has 0 aromatic rings. The van der Waals surface area contributed by atoms with E-state index in [0.717, 1.165) is 25.7 Å². The average Bonchev–Trinajstić information content (AvgIpc) is 3.15. The van der Waals surface area contributed by atoms with E-state index in [1.54, 1.807) is 0 Å². The quantitative estimate of drug-likeness (QED) is 0.820. The number of nitrogens with one attached hydrogen (secondary N) is 1. The zero-order valence-electron chi connectivity index (χ0n) is 14.5. The summed E-state index contributed by atoms with van der Waals surface area (Å²) in [6.07, 6.45) is 8.89. The minimum atomic E-state index is -0.0860. The van der Waals surface area contributed by atoms with Crippen molar-refractivity contribution in [1.29, 1.82) is 0 Å². The topological polar surface area (TPSA) is 49.4 Å². The van der Waals surface area contributed by atoms with Crippen LogP contribution in [-0.2, 0) is 9.59 Å². The van der Waals surface area contributed by atoms with Crippen LogP contribution in [0.3, 0.4) is 0 Å². The minimum Gasteiger partial charge on any atom is -0.355 e. The smallest absolute Gasteiger partial charge is 0.225 e. The Kier molecular flexibility index (Phi) is 5.87. The Morgan fingerprint density at radius 1 is 1.00 bits per heavy atom. The third-order valence-corrected chi connectivity index (χ3v) is 5.21. The van der Waals surface area contributed by atoms with E-state index < -0.39 is 0 Å². The van der Waals surface area contributed by atoms with Gasteiger partial charge in [-0.2, -0.15) is 0 Å². The Bertz CT molecular complexity index is 394. The summed E-state index contributed by atoms with van der Waals surface area (Å²) in [6, 6.07) is 0. The van der Waals surface area contributed by atoms with Gasteiger partial charge in [0.2, 0.25) is 11.8 Å². The summed E-state index contributed by atoms with van der Waals surface area (Å²) in [6.45, 7) is 5.60. The van der Waals surface area contributed by atoms with Crippen LogP contribution in [0.2, 0.25) is 0 Å². The molecule has 0 heterocycles. The first-order chi connectivity index (χ1) is 10.4. The second kappa shape index (κ2) is 7.47. The van der Waals surface area contributed by atoms with Crippen LogP contribution in [0.4, 0.5) is 0 Å². The van der Waals surface area contributed by atoms with Gasteiger partial charge in [0.1, 0.15) is 0 Å². The molecule has 1 N–H and O–H groups in total. The van der Waals surface area contributed by atoms with E-state index >= 15 is 0 Å². The Hall–Kier alpha value is -1.06. The van der Waals surface area contributed by atoms with Crippen LogP contribution >= 0.6 is 0 Å². The van der Waals surface area contributed by atoms with Gasteiger partial charge in [0.25, 0.3) is 0 Å². The van der Waals surface area contributed by atoms with Crippen LogP contribution in [0.5, 0.6) is 0 Å². The lowest BCUT2D eigenvalue weighted by Crippen LogP contribution is -2.45. The molecule has 0 aliphatic heterocycles. The van der Waals surface area contributed by atoms with Gasteiger partial charge in [-0.05, 0) is 31.1 Å². The van der Waals surface area contributed by atoms with E-state index in [-0.39, 0.29) is 29.1 Å². The maximum atomic E-state index is 12.4. The highest BCUT2D eigenvalue weighted by Gasteiger charge is 2.30. The molecule has 2 aliphatic carbocycles. The van der Waals surface area contributed by atoms with Crippen LogP contribution in [0.1, 0.15) is 65.2 Å². The minimum absolute atomic E-state index is 0.0860. The molecule has 2 amide bonds. The predicted octanol–water partition coefficient (Wildman–Crippen LogP) is 2.97. The molecule has 0 saturated heterocycles. The maximum Gasteiger partial charge on any atom is 0.225 e. The van der Waals surface area contributed by atoms with Gasteiger partial charge in [0.15, 0.2) is 0 Å². The molecule has 0 unspecified atom stereocenters. The molecule has 0 atom stereocenters. The van der Waals surface area contributed by atoms with E-state index in [4.69, 9.17) is 0 Å². The predicted molar refractivity (Wildman–Crippen MR) is 88.3 cm³/mol. The van der Waals surface area contributed by atoms with Gasteiger partial charge in [-0.15, -0.1) is 0 Å². The second-order valence-corrected chi connectivity index (χ2v) is 8.04. The standard InChI is InChI=1S/C18H32N2O2/c1-18(2,12-19-16(21)14-8-4-5-9-14)13-20(3)17(22)15-10-6-7-11-15/h14-15H,4-13H2,1-3H3,(H,19,21). The fraction of sp³-hybridized carbons (Fsp3) is 0.889. The van der Waals surface area contributed by atoms with Crippen molar-refractivity contribution in [2.24, 2.45) is 17.3 Å². The average molecular weight is 308 g/mol. The Morgan fingerprint density at radius 2 is 1.50 bits per heavy atom. The van der Waals surface area contributed by atoms with Crippen LogP contribution in [0.15, 0.2) is 0 Å². The fourth-order valence-corrected chi connectivity index (χ4v) is 3.92. The molecule has 126 valence electrons. The molecule has 22 heavy (non-hydrogen) atoms. The van der Waals surface area contributed by atoms with Crippen molar-refractivity contribution in [3.63, 3.8) is 0 Å². The monoisotopic (exact) mass is 308 g/mol. The largest absolute Gasteiger partial charge is 0.355 e. The lowest BCUT2D eigenvalue weighted by Gasteiger charge is -2.32. The molecule has 0 aromatic heterocycles. The number of carbonyl (C=O) groups excluding carboxylic acids is 2. The SMILES string of the molecule is CN(CC(C)(C)CNC(=O)C1CCCC1)C(=O)C1CCCC1. The van der Waals surface area contributed by atoms with E-state index in [1.165, 1.54) is 25.7 Å². The first-order valence-corrected chi connectivity index (χ1v) is 8.92. The molecule has 2 rings (SSSR count). The number of carbonyl (C=O) groups is 2. The Morgan fingerprint density at radius 3 is 2.05 bits per heavy atom. The van der Waals surface area contributed by atoms with Crippen molar-refractivity contribution >= 4 is 11.8 Å². The normalized spacial score (nSPS) is 20.3. The van der Waals surface area contributed by atoms with Gasteiger partial charge in [-0.3, -0.25) is 9.59 Å². The summed E-state index contributed by atoms with van der Waals surface area (Å²) < 4.78 is 0. The molecule has 4 nitrogen and oxygen atoms in total. The van der Waals surface area contributed by atoms with Crippen LogP contribution in [-0.4, -0.2) is 36.9 Å². The summed E-state index contributed by atoms with van der Waals surface area (Å²) >= 11 is 0. The van der Waals surface area contributed by atoms with Gasteiger partial charge >= 0.3 is 0 Å². The highest BCUT2D eigenvalue weighted by molar-refractivity contribution is 5.79. The van der Waals surface area contributed by atoms with Gasteiger partial charge in [-0.1, -0.05) is 39.5 Å². The Balaban J connectivity index is 1.76.